The third-order valence-electron chi connectivity index (χ3n) is 3.33. The fourth-order valence-corrected chi connectivity index (χ4v) is 2.74. The SMILES string of the molecule is CCOC(=O)C(=Cc1cc(OC)c(OC)cc1OC)c1csc(N)n1.Cl. The summed E-state index contributed by atoms with van der Waals surface area (Å²) < 4.78 is 21.1. The van der Waals surface area contributed by atoms with Crippen LogP contribution in [0.15, 0.2) is 17.5 Å². The van der Waals surface area contributed by atoms with Gasteiger partial charge in [-0.05, 0) is 19.1 Å². The van der Waals surface area contributed by atoms with Gasteiger partial charge in [0.15, 0.2) is 16.6 Å². The summed E-state index contributed by atoms with van der Waals surface area (Å²) in [7, 11) is 4.60. The number of methoxy groups -OCH3 is 3. The number of hydrogen-bond donors (Lipinski definition) is 1. The highest BCUT2D eigenvalue weighted by molar-refractivity contribution is 7.13. The first-order valence-electron chi connectivity index (χ1n) is 7.44. The van der Waals surface area contributed by atoms with Crippen LogP contribution in [0.25, 0.3) is 11.6 Å². The number of hydrogen-bond acceptors (Lipinski definition) is 8. The Kier molecular flexibility index (Phi) is 8.21. The number of thiazole rings is 1. The molecular formula is C17H21ClN2O5S. The molecule has 2 aromatic rings. The molecule has 0 saturated carbocycles. The van der Waals surface area contributed by atoms with Gasteiger partial charge in [0.2, 0.25) is 0 Å². The van der Waals surface area contributed by atoms with Crippen molar-refractivity contribution in [1.82, 2.24) is 4.98 Å². The lowest BCUT2D eigenvalue weighted by atomic mass is 10.1. The fraction of sp³-hybridized carbons (Fsp3) is 0.294. The molecule has 1 heterocycles. The number of esters is 1. The maximum Gasteiger partial charge on any atom is 0.340 e. The number of anilines is 1. The molecule has 142 valence electrons. The van der Waals surface area contributed by atoms with E-state index < -0.39 is 5.97 Å². The molecule has 0 amide bonds. The van der Waals surface area contributed by atoms with Gasteiger partial charge in [0, 0.05) is 17.0 Å². The molecule has 7 nitrogen and oxygen atoms in total. The topological polar surface area (TPSA) is 92.9 Å². The molecule has 2 N–H and O–H groups in total. The van der Waals surface area contributed by atoms with Crippen molar-refractivity contribution in [3.63, 3.8) is 0 Å². The summed E-state index contributed by atoms with van der Waals surface area (Å²) in [6.45, 7) is 1.99. The van der Waals surface area contributed by atoms with E-state index in [4.69, 9.17) is 24.7 Å². The minimum atomic E-state index is -0.496. The maximum absolute atomic E-state index is 12.4. The Morgan fingerprint density at radius 1 is 1.15 bits per heavy atom. The second-order valence-electron chi connectivity index (χ2n) is 4.80. The third kappa shape index (κ3) is 4.80. The summed E-state index contributed by atoms with van der Waals surface area (Å²) in [5.74, 6) is 1.05. The van der Waals surface area contributed by atoms with Crippen LogP contribution in [-0.2, 0) is 9.53 Å². The summed E-state index contributed by atoms with van der Waals surface area (Å²) in [6.07, 6.45) is 1.63. The van der Waals surface area contributed by atoms with Gasteiger partial charge < -0.3 is 24.7 Å². The number of ether oxygens (including phenoxy) is 4. The second kappa shape index (κ2) is 9.88. The average Bonchev–Trinajstić information content (AvgIpc) is 3.04. The van der Waals surface area contributed by atoms with E-state index in [1.807, 2.05) is 0 Å². The molecule has 0 unspecified atom stereocenters. The van der Waals surface area contributed by atoms with E-state index in [-0.39, 0.29) is 24.6 Å². The number of benzene rings is 1. The van der Waals surface area contributed by atoms with Crippen LogP contribution in [0.3, 0.4) is 0 Å². The van der Waals surface area contributed by atoms with Crippen molar-refractivity contribution in [3.05, 3.63) is 28.8 Å². The van der Waals surface area contributed by atoms with Crippen molar-refractivity contribution in [2.24, 2.45) is 0 Å². The Labute approximate surface area is 162 Å². The summed E-state index contributed by atoms with van der Waals surface area (Å²) in [6, 6.07) is 3.40. The summed E-state index contributed by atoms with van der Waals surface area (Å²) in [5.41, 5.74) is 7.03. The lowest BCUT2D eigenvalue weighted by Gasteiger charge is -2.13. The van der Waals surface area contributed by atoms with E-state index in [1.54, 1.807) is 30.5 Å². The van der Waals surface area contributed by atoms with Crippen LogP contribution in [-0.4, -0.2) is 38.9 Å². The van der Waals surface area contributed by atoms with E-state index in [1.165, 1.54) is 32.7 Å². The largest absolute Gasteiger partial charge is 0.496 e. The number of carbonyl (C=O) groups is 1. The lowest BCUT2D eigenvalue weighted by molar-refractivity contribution is -0.136. The first-order chi connectivity index (χ1) is 12.0. The van der Waals surface area contributed by atoms with E-state index in [0.717, 1.165) is 0 Å². The number of carbonyl (C=O) groups excluding carboxylic acids is 1. The predicted octanol–water partition coefficient (Wildman–Crippen LogP) is 3.28. The lowest BCUT2D eigenvalue weighted by Crippen LogP contribution is -2.07. The van der Waals surface area contributed by atoms with Crippen molar-refractivity contribution in [3.8, 4) is 17.2 Å². The van der Waals surface area contributed by atoms with Gasteiger partial charge in [-0.3, -0.25) is 0 Å². The normalized spacial score (nSPS) is 10.7. The van der Waals surface area contributed by atoms with Gasteiger partial charge in [0.1, 0.15) is 5.75 Å². The molecule has 0 spiro atoms. The molecule has 26 heavy (non-hydrogen) atoms. The van der Waals surface area contributed by atoms with Gasteiger partial charge in [-0.2, -0.15) is 0 Å². The van der Waals surface area contributed by atoms with Crippen LogP contribution in [0.2, 0.25) is 0 Å². The van der Waals surface area contributed by atoms with E-state index in [2.05, 4.69) is 4.98 Å². The molecule has 0 atom stereocenters. The minimum Gasteiger partial charge on any atom is -0.496 e. The monoisotopic (exact) mass is 400 g/mol. The molecule has 1 aromatic carbocycles. The van der Waals surface area contributed by atoms with Crippen LogP contribution in [0.4, 0.5) is 5.13 Å². The Morgan fingerprint density at radius 2 is 1.77 bits per heavy atom. The first kappa shape index (κ1) is 21.6. The number of nitrogens with two attached hydrogens (primary N) is 1. The zero-order chi connectivity index (χ0) is 18.4. The molecular weight excluding hydrogens is 380 g/mol. The van der Waals surface area contributed by atoms with Crippen molar-refractivity contribution in [2.45, 2.75) is 6.92 Å². The van der Waals surface area contributed by atoms with Gasteiger partial charge in [-0.15, -0.1) is 23.7 Å². The predicted molar refractivity (Wildman–Crippen MR) is 104 cm³/mol. The van der Waals surface area contributed by atoms with Crippen LogP contribution in [0, 0.1) is 0 Å². The van der Waals surface area contributed by atoms with Crippen LogP contribution >= 0.6 is 23.7 Å². The Morgan fingerprint density at radius 3 is 2.27 bits per heavy atom. The average molecular weight is 401 g/mol. The molecule has 0 aliphatic heterocycles. The highest BCUT2D eigenvalue weighted by Crippen LogP contribution is 2.36. The minimum absolute atomic E-state index is 0. The number of rotatable bonds is 7. The second-order valence-corrected chi connectivity index (χ2v) is 5.69. The third-order valence-corrected chi connectivity index (χ3v) is 4.00. The highest BCUT2D eigenvalue weighted by Gasteiger charge is 2.19. The number of nitrogens with zero attached hydrogens (tertiary/aromatic N) is 1. The van der Waals surface area contributed by atoms with Crippen LogP contribution < -0.4 is 19.9 Å². The fourth-order valence-electron chi connectivity index (χ4n) is 2.18. The first-order valence-corrected chi connectivity index (χ1v) is 8.32. The Hall–Kier alpha value is -2.45. The highest BCUT2D eigenvalue weighted by atomic mass is 35.5. The Balaban J connectivity index is 0.00000338. The van der Waals surface area contributed by atoms with Crippen molar-refractivity contribution in [2.75, 3.05) is 33.7 Å². The van der Waals surface area contributed by atoms with Crippen molar-refractivity contribution >= 4 is 46.5 Å². The summed E-state index contributed by atoms with van der Waals surface area (Å²) >= 11 is 1.24. The summed E-state index contributed by atoms with van der Waals surface area (Å²) in [4.78, 5) is 16.5. The molecule has 0 bridgehead atoms. The van der Waals surface area contributed by atoms with E-state index in [9.17, 15) is 4.79 Å². The molecule has 9 heteroatoms. The standard InChI is InChI=1S/C17H20N2O5S.ClH/c1-5-24-16(20)11(12-9-25-17(18)19-12)6-10-7-14(22-3)15(23-4)8-13(10)21-2;/h6-9H,5H2,1-4H3,(H2,18,19);1H. The van der Waals surface area contributed by atoms with Crippen molar-refractivity contribution < 1.29 is 23.7 Å². The van der Waals surface area contributed by atoms with Gasteiger partial charge in [-0.25, -0.2) is 9.78 Å². The van der Waals surface area contributed by atoms with E-state index >= 15 is 0 Å². The van der Waals surface area contributed by atoms with Gasteiger partial charge >= 0.3 is 5.97 Å². The number of nitrogen functional groups attached to an aromatic ring is 1. The molecule has 0 saturated heterocycles. The maximum atomic E-state index is 12.4. The summed E-state index contributed by atoms with van der Waals surface area (Å²) in [5, 5.41) is 2.06. The Bertz CT molecular complexity index is 791. The zero-order valence-electron chi connectivity index (χ0n) is 14.9. The molecule has 0 aliphatic carbocycles. The smallest absolute Gasteiger partial charge is 0.340 e. The number of halogens is 1. The molecule has 1 aromatic heterocycles. The zero-order valence-corrected chi connectivity index (χ0v) is 16.5. The van der Waals surface area contributed by atoms with E-state index in [0.29, 0.717) is 33.6 Å². The quantitative estimate of drug-likeness (QED) is 0.563. The molecule has 0 radical (unpaired) electrons. The molecule has 2 rings (SSSR count). The number of aromatic nitrogens is 1. The van der Waals surface area contributed by atoms with Gasteiger partial charge in [-0.1, -0.05) is 0 Å². The molecule has 0 fully saturated rings. The van der Waals surface area contributed by atoms with Crippen LogP contribution in [0.5, 0.6) is 17.2 Å². The van der Waals surface area contributed by atoms with Gasteiger partial charge in [0.25, 0.3) is 0 Å². The van der Waals surface area contributed by atoms with Gasteiger partial charge in [0.05, 0.1) is 39.2 Å². The molecule has 0 aliphatic rings. The van der Waals surface area contributed by atoms with Crippen molar-refractivity contribution in [1.29, 1.82) is 0 Å². The van der Waals surface area contributed by atoms with Crippen LogP contribution in [0.1, 0.15) is 18.2 Å².